The summed E-state index contributed by atoms with van der Waals surface area (Å²) in [6, 6.07) is 23.5. The number of hydrogen-bond donors (Lipinski definition) is 0. The second-order valence-electron chi connectivity index (χ2n) is 5.04. The largest absolute Gasteiger partial charge is 0.463 e. The third-order valence-electron chi connectivity index (χ3n) is 3.52. The first-order valence-corrected chi connectivity index (χ1v) is 7.31. The number of aromatic nitrogens is 3. The molecule has 2 heterocycles. The summed E-state index contributed by atoms with van der Waals surface area (Å²) in [7, 11) is 0. The number of rotatable bonds is 3. The Morgan fingerprint density at radius 2 is 1.30 bits per heavy atom. The van der Waals surface area contributed by atoms with Crippen LogP contribution in [-0.4, -0.2) is 15.2 Å². The Kier molecular flexibility index (Phi) is 3.41. The van der Waals surface area contributed by atoms with Crippen molar-refractivity contribution in [1.29, 1.82) is 0 Å². The van der Waals surface area contributed by atoms with Gasteiger partial charge in [-0.3, -0.25) is 0 Å². The first-order valence-electron chi connectivity index (χ1n) is 7.31. The normalized spacial score (nSPS) is 10.6. The fourth-order valence-electron chi connectivity index (χ4n) is 2.41. The average Bonchev–Trinajstić information content (AvgIpc) is 3.17. The molecule has 0 saturated carbocycles. The number of benzene rings is 2. The van der Waals surface area contributed by atoms with E-state index < -0.39 is 0 Å². The van der Waals surface area contributed by atoms with Crippen LogP contribution in [-0.2, 0) is 0 Å². The van der Waals surface area contributed by atoms with Crippen molar-refractivity contribution in [2.45, 2.75) is 0 Å². The Hall–Kier alpha value is -3.27. The quantitative estimate of drug-likeness (QED) is 0.560. The van der Waals surface area contributed by atoms with Gasteiger partial charge < -0.3 is 4.42 Å². The van der Waals surface area contributed by atoms with Gasteiger partial charge in [0.1, 0.15) is 5.69 Å². The molecule has 0 N–H and O–H groups in total. The van der Waals surface area contributed by atoms with Crippen LogP contribution in [0.4, 0.5) is 0 Å². The molecule has 4 rings (SSSR count). The van der Waals surface area contributed by atoms with Gasteiger partial charge in [-0.2, -0.15) is 0 Å². The van der Waals surface area contributed by atoms with Gasteiger partial charge in [-0.25, -0.2) is 4.98 Å². The van der Waals surface area contributed by atoms with Gasteiger partial charge >= 0.3 is 0 Å². The predicted molar refractivity (Wildman–Crippen MR) is 88.4 cm³/mol. The smallest absolute Gasteiger partial charge is 0.182 e. The van der Waals surface area contributed by atoms with E-state index in [2.05, 4.69) is 10.2 Å². The lowest BCUT2D eigenvalue weighted by atomic mass is 10.1. The highest BCUT2D eigenvalue weighted by molar-refractivity contribution is 5.76. The lowest BCUT2D eigenvalue weighted by molar-refractivity contribution is 0.578. The van der Waals surface area contributed by atoms with Crippen LogP contribution in [0.5, 0.6) is 0 Å². The van der Waals surface area contributed by atoms with E-state index in [9.17, 15) is 0 Å². The van der Waals surface area contributed by atoms with Gasteiger partial charge in [-0.15, -0.1) is 10.2 Å². The molecule has 0 atom stereocenters. The molecule has 0 aliphatic heterocycles. The zero-order valence-electron chi connectivity index (χ0n) is 12.3. The van der Waals surface area contributed by atoms with E-state index in [0.29, 0.717) is 17.3 Å². The van der Waals surface area contributed by atoms with E-state index in [1.807, 2.05) is 72.8 Å². The third kappa shape index (κ3) is 2.62. The molecule has 0 aliphatic carbocycles. The molecular formula is C19H13N3O. The number of furan rings is 1. The molecule has 0 unspecified atom stereocenters. The molecule has 0 saturated heterocycles. The van der Waals surface area contributed by atoms with Gasteiger partial charge in [0.05, 0.1) is 6.26 Å². The zero-order chi connectivity index (χ0) is 15.5. The topological polar surface area (TPSA) is 51.8 Å². The predicted octanol–water partition coefficient (Wildman–Crippen LogP) is 4.47. The fraction of sp³-hybridized carbons (Fsp3) is 0. The number of nitrogens with zero attached hydrogens (tertiary/aromatic N) is 3. The van der Waals surface area contributed by atoms with E-state index in [1.54, 1.807) is 6.26 Å². The van der Waals surface area contributed by atoms with Gasteiger partial charge in [0, 0.05) is 11.1 Å². The average molecular weight is 299 g/mol. The van der Waals surface area contributed by atoms with E-state index in [-0.39, 0.29) is 0 Å². The molecule has 4 nitrogen and oxygen atoms in total. The molecule has 2 aromatic carbocycles. The van der Waals surface area contributed by atoms with E-state index in [1.165, 1.54) is 0 Å². The standard InChI is InChI=1S/C19H13N3O/c1-3-8-14(9-4-1)17-18(16-12-7-13-23-16)21-22-19(20-17)15-10-5-2-6-11-15/h1-13H. The Morgan fingerprint density at radius 3 is 1.96 bits per heavy atom. The van der Waals surface area contributed by atoms with Gasteiger partial charge in [-0.1, -0.05) is 60.7 Å². The SMILES string of the molecule is c1ccc(-c2nnc(-c3ccco3)c(-c3ccccc3)n2)cc1. The van der Waals surface area contributed by atoms with Crippen LogP contribution in [0.1, 0.15) is 0 Å². The van der Waals surface area contributed by atoms with Gasteiger partial charge in [0.15, 0.2) is 17.3 Å². The van der Waals surface area contributed by atoms with E-state index in [0.717, 1.165) is 16.8 Å². The van der Waals surface area contributed by atoms with Crippen LogP contribution in [0.3, 0.4) is 0 Å². The lowest BCUT2D eigenvalue weighted by Gasteiger charge is -2.07. The fourth-order valence-corrected chi connectivity index (χ4v) is 2.41. The third-order valence-corrected chi connectivity index (χ3v) is 3.52. The van der Waals surface area contributed by atoms with Crippen molar-refractivity contribution in [3.8, 4) is 34.1 Å². The minimum Gasteiger partial charge on any atom is -0.463 e. The molecule has 0 spiro atoms. The summed E-state index contributed by atoms with van der Waals surface area (Å²) in [6.45, 7) is 0. The summed E-state index contributed by atoms with van der Waals surface area (Å²) < 4.78 is 5.48. The molecule has 0 aliphatic rings. The Balaban J connectivity index is 1.92. The van der Waals surface area contributed by atoms with Crippen molar-refractivity contribution < 1.29 is 4.42 Å². The Bertz CT molecular complexity index is 904. The maximum atomic E-state index is 5.48. The molecular weight excluding hydrogens is 286 g/mol. The summed E-state index contributed by atoms with van der Waals surface area (Å²) >= 11 is 0. The van der Waals surface area contributed by atoms with Gasteiger partial charge in [0.2, 0.25) is 0 Å². The molecule has 0 amide bonds. The second kappa shape index (κ2) is 5.85. The first-order chi connectivity index (χ1) is 11.4. The van der Waals surface area contributed by atoms with Crippen molar-refractivity contribution in [3.63, 3.8) is 0 Å². The van der Waals surface area contributed by atoms with Gasteiger partial charge in [-0.05, 0) is 12.1 Å². The van der Waals surface area contributed by atoms with Gasteiger partial charge in [0.25, 0.3) is 0 Å². The van der Waals surface area contributed by atoms with Crippen LogP contribution >= 0.6 is 0 Å². The number of hydrogen-bond acceptors (Lipinski definition) is 4. The zero-order valence-corrected chi connectivity index (χ0v) is 12.3. The molecule has 23 heavy (non-hydrogen) atoms. The summed E-state index contributed by atoms with van der Waals surface area (Å²) in [5, 5.41) is 8.64. The molecule has 2 aromatic heterocycles. The highest BCUT2D eigenvalue weighted by Crippen LogP contribution is 2.30. The van der Waals surface area contributed by atoms with E-state index in [4.69, 9.17) is 9.40 Å². The lowest BCUT2D eigenvalue weighted by Crippen LogP contribution is -1.99. The van der Waals surface area contributed by atoms with Crippen molar-refractivity contribution in [3.05, 3.63) is 79.1 Å². The summed E-state index contributed by atoms with van der Waals surface area (Å²) in [6.07, 6.45) is 1.62. The van der Waals surface area contributed by atoms with Crippen LogP contribution in [0.2, 0.25) is 0 Å². The Labute approximate surface area is 133 Å². The summed E-state index contributed by atoms with van der Waals surface area (Å²) in [5.74, 6) is 1.25. The highest BCUT2D eigenvalue weighted by atomic mass is 16.3. The minimum absolute atomic E-state index is 0.597. The van der Waals surface area contributed by atoms with Crippen molar-refractivity contribution >= 4 is 0 Å². The second-order valence-corrected chi connectivity index (χ2v) is 5.04. The summed E-state index contributed by atoms with van der Waals surface area (Å²) in [5.41, 5.74) is 3.31. The minimum atomic E-state index is 0.597. The van der Waals surface area contributed by atoms with Crippen LogP contribution in [0.15, 0.2) is 83.5 Å². The van der Waals surface area contributed by atoms with Crippen LogP contribution in [0.25, 0.3) is 34.1 Å². The summed E-state index contributed by atoms with van der Waals surface area (Å²) in [4.78, 5) is 4.74. The molecule has 0 fully saturated rings. The Morgan fingerprint density at radius 1 is 0.609 bits per heavy atom. The maximum absolute atomic E-state index is 5.48. The highest BCUT2D eigenvalue weighted by Gasteiger charge is 2.15. The molecule has 4 aromatic rings. The molecule has 0 radical (unpaired) electrons. The van der Waals surface area contributed by atoms with Crippen LogP contribution in [0, 0.1) is 0 Å². The monoisotopic (exact) mass is 299 g/mol. The molecule has 110 valence electrons. The van der Waals surface area contributed by atoms with Crippen molar-refractivity contribution in [1.82, 2.24) is 15.2 Å². The molecule has 0 bridgehead atoms. The maximum Gasteiger partial charge on any atom is 0.182 e. The first kappa shape index (κ1) is 13.4. The van der Waals surface area contributed by atoms with Crippen molar-refractivity contribution in [2.75, 3.05) is 0 Å². The molecule has 4 heteroatoms. The van der Waals surface area contributed by atoms with Crippen LogP contribution < -0.4 is 0 Å². The van der Waals surface area contributed by atoms with Crippen molar-refractivity contribution in [2.24, 2.45) is 0 Å². The van der Waals surface area contributed by atoms with E-state index >= 15 is 0 Å².